The number of amides is 1. The SMILES string of the molecule is COc1ccc(C(=O)N=Nc2c(O)n(C[NH+]3CCCC3)c3ccccc23)cc1OC. The van der Waals surface area contributed by atoms with Gasteiger partial charge in [0.1, 0.15) is 0 Å². The number of methoxy groups -OCH3 is 2. The van der Waals surface area contributed by atoms with Gasteiger partial charge in [-0.15, -0.1) is 10.2 Å². The van der Waals surface area contributed by atoms with Gasteiger partial charge in [0.05, 0.1) is 32.8 Å². The van der Waals surface area contributed by atoms with Crippen molar-refractivity contribution in [2.24, 2.45) is 10.2 Å². The predicted molar refractivity (Wildman–Crippen MR) is 112 cm³/mol. The first-order chi connectivity index (χ1) is 14.6. The lowest BCUT2D eigenvalue weighted by molar-refractivity contribution is -0.910. The Morgan fingerprint density at radius 1 is 1.10 bits per heavy atom. The number of quaternary nitrogens is 1. The molecule has 0 bridgehead atoms. The zero-order chi connectivity index (χ0) is 21.1. The number of likely N-dealkylation sites (tertiary alicyclic amines) is 1. The minimum absolute atomic E-state index is 0.0273. The maximum absolute atomic E-state index is 12.6. The van der Waals surface area contributed by atoms with Crippen molar-refractivity contribution in [1.82, 2.24) is 4.57 Å². The second kappa shape index (κ2) is 8.54. The highest BCUT2D eigenvalue weighted by Crippen LogP contribution is 2.38. The zero-order valence-electron chi connectivity index (χ0n) is 17.1. The number of hydrogen-bond acceptors (Lipinski definition) is 5. The highest BCUT2D eigenvalue weighted by molar-refractivity contribution is 5.97. The molecule has 4 rings (SSSR count). The first-order valence-corrected chi connectivity index (χ1v) is 9.94. The number of benzene rings is 2. The largest absolute Gasteiger partial charge is 0.493 e. The molecule has 0 unspecified atom stereocenters. The van der Waals surface area contributed by atoms with Gasteiger partial charge in [0.25, 0.3) is 5.91 Å². The molecule has 2 aromatic carbocycles. The number of azo groups is 1. The molecule has 1 saturated heterocycles. The Balaban J connectivity index is 1.65. The summed E-state index contributed by atoms with van der Waals surface area (Å²) in [6.45, 7) is 2.83. The fourth-order valence-electron chi connectivity index (χ4n) is 3.91. The van der Waals surface area contributed by atoms with Gasteiger partial charge in [0.15, 0.2) is 23.9 Å². The van der Waals surface area contributed by atoms with Crippen molar-refractivity contribution in [2.75, 3.05) is 27.3 Å². The molecular weight excluding hydrogens is 384 g/mol. The second-order valence-corrected chi connectivity index (χ2v) is 7.31. The summed E-state index contributed by atoms with van der Waals surface area (Å²) in [5.74, 6) is 0.458. The van der Waals surface area contributed by atoms with E-state index in [1.165, 1.54) is 32.0 Å². The summed E-state index contributed by atoms with van der Waals surface area (Å²) in [6.07, 6.45) is 2.39. The third-order valence-electron chi connectivity index (χ3n) is 5.48. The Bertz CT molecular complexity index is 1100. The molecule has 1 fully saturated rings. The summed E-state index contributed by atoms with van der Waals surface area (Å²) >= 11 is 0. The monoisotopic (exact) mass is 409 g/mol. The molecule has 30 heavy (non-hydrogen) atoms. The Morgan fingerprint density at radius 3 is 2.57 bits per heavy atom. The van der Waals surface area contributed by atoms with Crippen LogP contribution in [-0.4, -0.2) is 42.9 Å². The van der Waals surface area contributed by atoms with Crippen molar-refractivity contribution in [2.45, 2.75) is 19.5 Å². The Kier molecular flexibility index (Phi) is 5.67. The number of carbonyl (C=O) groups is 1. The van der Waals surface area contributed by atoms with Gasteiger partial charge < -0.3 is 19.5 Å². The summed E-state index contributed by atoms with van der Waals surface area (Å²) < 4.78 is 12.3. The number of para-hydroxylation sites is 1. The number of aromatic nitrogens is 1. The van der Waals surface area contributed by atoms with E-state index in [0.717, 1.165) is 24.0 Å². The van der Waals surface area contributed by atoms with E-state index in [2.05, 4.69) is 10.2 Å². The van der Waals surface area contributed by atoms with E-state index in [9.17, 15) is 9.90 Å². The molecule has 0 aliphatic carbocycles. The second-order valence-electron chi connectivity index (χ2n) is 7.31. The molecule has 8 nitrogen and oxygen atoms in total. The standard InChI is InChI=1S/C22H24N4O4/c1-29-18-10-9-15(13-19(18)30-2)21(27)24-23-20-16-7-3-4-8-17(16)26(22(20)28)14-25-11-5-6-12-25/h3-4,7-10,13,28H,5-6,11-12,14H2,1-2H3/p+1. The minimum Gasteiger partial charge on any atom is -0.493 e. The van der Waals surface area contributed by atoms with E-state index in [4.69, 9.17) is 9.47 Å². The molecule has 0 spiro atoms. The molecule has 0 saturated carbocycles. The quantitative estimate of drug-likeness (QED) is 0.613. The van der Waals surface area contributed by atoms with Gasteiger partial charge in [-0.3, -0.25) is 9.36 Å². The van der Waals surface area contributed by atoms with E-state index in [1.807, 2.05) is 28.8 Å². The fraction of sp³-hybridized carbons (Fsp3) is 0.318. The molecule has 8 heteroatoms. The van der Waals surface area contributed by atoms with Crippen LogP contribution < -0.4 is 14.4 Å². The van der Waals surface area contributed by atoms with Crippen LogP contribution in [0.3, 0.4) is 0 Å². The molecule has 1 aromatic heterocycles. The molecule has 156 valence electrons. The van der Waals surface area contributed by atoms with Crippen LogP contribution in [0.15, 0.2) is 52.7 Å². The average molecular weight is 409 g/mol. The summed E-state index contributed by atoms with van der Waals surface area (Å²) in [4.78, 5) is 14.0. The van der Waals surface area contributed by atoms with Crippen LogP contribution in [0.5, 0.6) is 17.4 Å². The van der Waals surface area contributed by atoms with Gasteiger partial charge in [0, 0.05) is 23.8 Å². The lowest BCUT2D eigenvalue weighted by atomic mass is 10.2. The Hall–Kier alpha value is -3.39. The van der Waals surface area contributed by atoms with Gasteiger partial charge in [-0.05, 0) is 24.3 Å². The molecule has 1 amide bonds. The van der Waals surface area contributed by atoms with Crippen molar-refractivity contribution in [3.63, 3.8) is 0 Å². The lowest BCUT2D eigenvalue weighted by Crippen LogP contribution is -3.09. The highest BCUT2D eigenvalue weighted by atomic mass is 16.5. The third-order valence-corrected chi connectivity index (χ3v) is 5.48. The van der Waals surface area contributed by atoms with Crippen LogP contribution >= 0.6 is 0 Å². The number of hydrogen-bond donors (Lipinski definition) is 2. The Morgan fingerprint density at radius 2 is 1.83 bits per heavy atom. The van der Waals surface area contributed by atoms with Crippen molar-refractivity contribution in [1.29, 1.82) is 0 Å². The number of carbonyl (C=O) groups excluding carboxylic acids is 1. The van der Waals surface area contributed by atoms with Crippen molar-refractivity contribution >= 4 is 22.5 Å². The number of ether oxygens (including phenoxy) is 2. The summed E-state index contributed by atoms with van der Waals surface area (Å²) in [7, 11) is 3.03. The molecule has 1 aliphatic heterocycles. The van der Waals surface area contributed by atoms with Gasteiger partial charge in [-0.1, -0.05) is 18.2 Å². The summed E-state index contributed by atoms with van der Waals surface area (Å²) in [5.41, 5.74) is 1.50. The van der Waals surface area contributed by atoms with Crippen molar-refractivity contribution in [3.8, 4) is 17.4 Å². The van der Waals surface area contributed by atoms with Crippen LogP contribution in [-0.2, 0) is 6.67 Å². The van der Waals surface area contributed by atoms with Gasteiger partial charge in [-0.25, -0.2) is 0 Å². The highest BCUT2D eigenvalue weighted by Gasteiger charge is 2.22. The van der Waals surface area contributed by atoms with Crippen molar-refractivity contribution < 1.29 is 24.3 Å². The molecular formula is C22H25N4O4+. The maximum atomic E-state index is 12.6. The van der Waals surface area contributed by atoms with Gasteiger partial charge in [0.2, 0.25) is 5.88 Å². The molecule has 0 atom stereocenters. The lowest BCUT2D eigenvalue weighted by Gasteiger charge is -2.14. The smallest absolute Gasteiger partial charge is 0.295 e. The normalized spacial score (nSPS) is 14.6. The number of aromatic hydroxyl groups is 1. The van der Waals surface area contributed by atoms with Crippen molar-refractivity contribution in [3.05, 3.63) is 48.0 Å². The topological polar surface area (TPSA) is 89.9 Å². The number of nitrogens with one attached hydrogen (secondary N) is 1. The number of rotatable bonds is 6. The first-order valence-electron chi connectivity index (χ1n) is 9.94. The molecule has 1 aliphatic rings. The first kappa shape index (κ1) is 19.9. The minimum atomic E-state index is -0.530. The van der Waals surface area contributed by atoms with E-state index < -0.39 is 5.91 Å². The van der Waals surface area contributed by atoms with Crippen LogP contribution in [0.25, 0.3) is 10.9 Å². The van der Waals surface area contributed by atoms with E-state index in [1.54, 1.807) is 18.2 Å². The molecule has 0 radical (unpaired) electrons. The average Bonchev–Trinajstić information content (AvgIpc) is 3.39. The van der Waals surface area contributed by atoms with Crippen LogP contribution in [0.4, 0.5) is 5.69 Å². The predicted octanol–water partition coefficient (Wildman–Crippen LogP) is 2.92. The van der Waals surface area contributed by atoms with Crippen LogP contribution in [0.2, 0.25) is 0 Å². The van der Waals surface area contributed by atoms with E-state index >= 15 is 0 Å². The van der Waals surface area contributed by atoms with E-state index in [-0.39, 0.29) is 5.88 Å². The fourth-order valence-corrected chi connectivity index (χ4v) is 3.91. The number of nitrogens with zero attached hydrogens (tertiary/aromatic N) is 3. The Labute approximate surface area is 174 Å². The molecule has 3 aromatic rings. The van der Waals surface area contributed by atoms with Crippen LogP contribution in [0.1, 0.15) is 23.2 Å². The van der Waals surface area contributed by atoms with Crippen LogP contribution in [0, 0.1) is 0 Å². The van der Waals surface area contributed by atoms with Gasteiger partial charge >= 0.3 is 0 Å². The third kappa shape index (κ3) is 3.73. The maximum Gasteiger partial charge on any atom is 0.295 e. The summed E-state index contributed by atoms with van der Waals surface area (Å²) in [5, 5.41) is 19.6. The number of fused-ring (bicyclic) bond motifs is 1. The zero-order valence-corrected chi connectivity index (χ0v) is 17.1. The van der Waals surface area contributed by atoms with E-state index in [0.29, 0.717) is 29.4 Å². The van der Waals surface area contributed by atoms with Gasteiger partial charge in [-0.2, -0.15) is 0 Å². The summed E-state index contributed by atoms with van der Waals surface area (Å²) in [6, 6.07) is 12.4. The molecule has 2 N–H and O–H groups in total. The molecule has 2 heterocycles.